The van der Waals surface area contributed by atoms with Crippen LogP contribution in [0, 0.1) is 30.1 Å². The van der Waals surface area contributed by atoms with Gasteiger partial charge in [-0.2, -0.15) is 0 Å². The molecule has 0 unspecified atom stereocenters. The first-order valence-electron chi connectivity index (χ1n) is 14.1. The number of allylic oxidation sites excluding steroid dienone is 1. The molecule has 1 aliphatic carbocycles. The van der Waals surface area contributed by atoms with Crippen LogP contribution in [0.2, 0.25) is 0 Å². The minimum Gasteiger partial charge on any atom is -0.462 e. The van der Waals surface area contributed by atoms with Crippen LogP contribution in [0.3, 0.4) is 0 Å². The number of hydrogen-bond acceptors (Lipinski definition) is 6. The van der Waals surface area contributed by atoms with E-state index < -0.39 is 64.9 Å². The Morgan fingerprint density at radius 1 is 1.17 bits per heavy atom. The Hall–Kier alpha value is -3.33. The summed E-state index contributed by atoms with van der Waals surface area (Å²) in [6.07, 6.45) is 2.91. The summed E-state index contributed by atoms with van der Waals surface area (Å²) >= 11 is 0. The van der Waals surface area contributed by atoms with Crippen LogP contribution >= 0.6 is 0 Å². The number of benzene rings is 1. The number of fused-ring (bicyclic) bond motifs is 1. The fourth-order valence-electron chi connectivity index (χ4n) is 6.88. The maximum Gasteiger partial charge on any atom is 0.410 e. The first kappa shape index (κ1) is 29.2. The normalized spacial score (nSPS) is 30.5. The van der Waals surface area contributed by atoms with Crippen LogP contribution in [0.1, 0.15) is 52.3 Å². The highest BCUT2D eigenvalue weighted by molar-refractivity contribution is 5.83. The summed E-state index contributed by atoms with van der Waals surface area (Å²) < 4.78 is 42.4. The Morgan fingerprint density at radius 3 is 2.46 bits per heavy atom. The minimum atomic E-state index is -3.27. The Labute approximate surface area is 239 Å². The van der Waals surface area contributed by atoms with E-state index in [0.717, 1.165) is 16.7 Å². The molecule has 1 aromatic heterocycles. The number of aryl methyl sites for hydroxylation is 1. The van der Waals surface area contributed by atoms with E-state index >= 15 is 8.78 Å². The molecular formula is C32H38F2N2O5. The monoisotopic (exact) mass is 568 g/mol. The van der Waals surface area contributed by atoms with E-state index in [1.54, 1.807) is 46.0 Å². The van der Waals surface area contributed by atoms with E-state index in [4.69, 9.17) is 9.47 Å². The Kier molecular flexibility index (Phi) is 7.04. The van der Waals surface area contributed by atoms with Gasteiger partial charge in [0.1, 0.15) is 22.7 Å². The molecular weight excluding hydrogens is 530 g/mol. The van der Waals surface area contributed by atoms with Crippen LogP contribution in [0.25, 0.3) is 17.2 Å². The fourth-order valence-corrected chi connectivity index (χ4v) is 6.88. The Bertz CT molecular complexity index is 1360. The van der Waals surface area contributed by atoms with Crippen molar-refractivity contribution in [1.29, 1.82) is 0 Å². The fraction of sp³-hybridized carbons (Fsp3) is 0.531. The van der Waals surface area contributed by atoms with E-state index in [2.05, 4.69) is 4.98 Å². The molecule has 220 valence electrons. The molecule has 2 aromatic rings. The SMILES string of the molecule is Cc1ccccc1-c1ccc(/C=C/[C@@H]2[C@@H]3[C@@H](C)OC(=O)[C@]3(C3(O)CN(C(=O)OC(C)(C)C)C3)CC(F)(F)[C@H]2C)nc1. The molecule has 5 rings (SSSR count). The van der Waals surface area contributed by atoms with Crippen LogP contribution in [-0.4, -0.2) is 63.4 Å². The molecule has 0 radical (unpaired) electrons. The third kappa shape index (κ3) is 4.92. The number of carbonyl (C=O) groups excluding carboxylic acids is 2. The second-order valence-electron chi connectivity index (χ2n) is 12.9. The summed E-state index contributed by atoms with van der Waals surface area (Å²) in [5, 5.41) is 11.8. The molecule has 9 heteroatoms. The highest BCUT2D eigenvalue weighted by atomic mass is 19.3. The van der Waals surface area contributed by atoms with Gasteiger partial charge in [-0.25, -0.2) is 13.6 Å². The van der Waals surface area contributed by atoms with Gasteiger partial charge >= 0.3 is 12.1 Å². The molecule has 0 bridgehead atoms. The Balaban J connectivity index is 1.44. The number of ether oxygens (including phenoxy) is 2. The highest BCUT2D eigenvalue weighted by Crippen LogP contribution is 2.64. The van der Waals surface area contributed by atoms with Crippen molar-refractivity contribution in [2.75, 3.05) is 13.1 Å². The van der Waals surface area contributed by atoms with E-state index in [9.17, 15) is 14.7 Å². The van der Waals surface area contributed by atoms with Crippen molar-refractivity contribution in [2.45, 2.75) is 71.2 Å². The number of hydrogen-bond donors (Lipinski definition) is 1. The molecule has 2 aliphatic heterocycles. The van der Waals surface area contributed by atoms with Gasteiger partial charge in [0.05, 0.1) is 18.8 Å². The van der Waals surface area contributed by atoms with Crippen LogP contribution < -0.4 is 0 Å². The minimum absolute atomic E-state index is 0.289. The third-order valence-corrected chi connectivity index (χ3v) is 9.02. The first-order valence-corrected chi connectivity index (χ1v) is 14.1. The van der Waals surface area contributed by atoms with Crippen molar-refractivity contribution in [3.63, 3.8) is 0 Å². The van der Waals surface area contributed by atoms with Crippen molar-refractivity contribution in [2.24, 2.45) is 23.2 Å². The summed E-state index contributed by atoms with van der Waals surface area (Å²) in [6.45, 7) is 9.75. The maximum absolute atomic E-state index is 15.7. The topological polar surface area (TPSA) is 89.0 Å². The first-order chi connectivity index (χ1) is 19.1. The standard InChI is InChI=1S/C32H38F2N2O5/c1-19-9-7-8-10-24(19)22-11-12-23(35-15-22)13-14-25-20(2)32(33,34)16-31(26(25)21(3)40-27(31)37)30(39)17-36(18-30)28(38)41-29(4,5)6/h7-15,20-21,25-26,39H,16-18H2,1-6H3/b14-13+/t20-,21+,25-,26-,31-/m0/s1. The van der Waals surface area contributed by atoms with E-state index in [-0.39, 0.29) is 13.1 Å². The van der Waals surface area contributed by atoms with Gasteiger partial charge in [-0.05, 0) is 63.8 Å². The summed E-state index contributed by atoms with van der Waals surface area (Å²) in [5.74, 6) is -6.74. The van der Waals surface area contributed by atoms with Crippen LogP contribution in [0.4, 0.5) is 13.6 Å². The second-order valence-corrected chi connectivity index (χ2v) is 12.9. The summed E-state index contributed by atoms with van der Waals surface area (Å²) in [4.78, 5) is 31.8. The lowest BCUT2D eigenvalue weighted by Gasteiger charge is -2.59. The number of halogens is 2. The quantitative estimate of drug-likeness (QED) is 0.463. The number of pyridine rings is 1. The molecule has 3 aliphatic rings. The van der Waals surface area contributed by atoms with Crippen molar-refractivity contribution in [3.8, 4) is 11.1 Å². The molecule has 41 heavy (non-hydrogen) atoms. The molecule has 7 nitrogen and oxygen atoms in total. The number of carbonyl (C=O) groups is 2. The lowest BCUT2D eigenvalue weighted by molar-refractivity contribution is -0.244. The number of β-amino-alcohol motifs (C(OH)–C–C–N with tert-alkyl or cyclic N) is 1. The van der Waals surface area contributed by atoms with E-state index in [1.165, 1.54) is 11.8 Å². The van der Waals surface area contributed by atoms with Crippen molar-refractivity contribution in [3.05, 3.63) is 59.9 Å². The van der Waals surface area contributed by atoms with Crippen molar-refractivity contribution < 1.29 is 33.0 Å². The number of likely N-dealkylation sites (tertiary alicyclic amines) is 1. The number of rotatable bonds is 4. The van der Waals surface area contributed by atoms with E-state index in [1.807, 2.05) is 43.3 Å². The average molecular weight is 569 g/mol. The molecule has 3 heterocycles. The van der Waals surface area contributed by atoms with Gasteiger partial charge in [-0.15, -0.1) is 0 Å². The predicted molar refractivity (Wildman–Crippen MR) is 150 cm³/mol. The van der Waals surface area contributed by atoms with Crippen LogP contribution in [0.5, 0.6) is 0 Å². The lowest BCUT2D eigenvalue weighted by Crippen LogP contribution is -2.76. The zero-order chi connectivity index (χ0) is 30.0. The van der Waals surface area contributed by atoms with Gasteiger partial charge in [0.25, 0.3) is 5.92 Å². The lowest BCUT2D eigenvalue weighted by atomic mass is 9.49. The molecule has 3 fully saturated rings. The number of esters is 1. The molecule has 1 aromatic carbocycles. The summed E-state index contributed by atoms with van der Waals surface area (Å²) in [7, 11) is 0. The highest BCUT2D eigenvalue weighted by Gasteiger charge is 2.77. The van der Waals surface area contributed by atoms with Gasteiger partial charge in [0, 0.05) is 30.0 Å². The number of aromatic nitrogens is 1. The predicted octanol–water partition coefficient (Wildman–Crippen LogP) is 5.89. The van der Waals surface area contributed by atoms with Gasteiger partial charge in [0.2, 0.25) is 0 Å². The number of amides is 1. The third-order valence-electron chi connectivity index (χ3n) is 9.02. The number of cyclic esters (lactones) is 1. The van der Waals surface area contributed by atoms with Gasteiger partial charge in [0.15, 0.2) is 0 Å². The molecule has 1 saturated carbocycles. The van der Waals surface area contributed by atoms with Crippen molar-refractivity contribution in [1.82, 2.24) is 9.88 Å². The maximum atomic E-state index is 15.7. The molecule has 5 atom stereocenters. The summed E-state index contributed by atoms with van der Waals surface area (Å²) in [5.41, 5.74) is -0.802. The molecule has 2 saturated heterocycles. The number of aliphatic hydroxyl groups is 1. The average Bonchev–Trinajstić information content (AvgIpc) is 3.11. The smallest absolute Gasteiger partial charge is 0.410 e. The van der Waals surface area contributed by atoms with Gasteiger partial charge < -0.3 is 19.5 Å². The largest absolute Gasteiger partial charge is 0.462 e. The van der Waals surface area contributed by atoms with Crippen LogP contribution in [-0.2, 0) is 14.3 Å². The molecule has 1 N–H and O–H groups in total. The van der Waals surface area contributed by atoms with Crippen molar-refractivity contribution >= 4 is 18.1 Å². The molecule has 0 spiro atoms. The zero-order valence-electron chi connectivity index (χ0n) is 24.4. The van der Waals surface area contributed by atoms with Gasteiger partial charge in [-0.1, -0.05) is 43.3 Å². The summed E-state index contributed by atoms with van der Waals surface area (Å²) in [6, 6.07) is 11.7. The second kappa shape index (κ2) is 9.89. The molecule has 1 amide bonds. The number of nitrogens with zero attached hydrogens (tertiary/aromatic N) is 2. The number of alkyl halides is 2. The van der Waals surface area contributed by atoms with E-state index in [0.29, 0.717) is 5.69 Å². The van der Waals surface area contributed by atoms with Crippen LogP contribution in [0.15, 0.2) is 48.7 Å². The zero-order valence-corrected chi connectivity index (χ0v) is 24.4. The Morgan fingerprint density at radius 2 is 1.85 bits per heavy atom. The van der Waals surface area contributed by atoms with Gasteiger partial charge in [-0.3, -0.25) is 9.78 Å².